The van der Waals surface area contributed by atoms with E-state index in [1.807, 2.05) is 0 Å². The van der Waals surface area contributed by atoms with Crippen LogP contribution in [-0.2, 0) is 0 Å². The highest BCUT2D eigenvalue weighted by Crippen LogP contribution is 2.27. The number of hydrogen-bond acceptors (Lipinski definition) is 5. The second kappa shape index (κ2) is 5.11. The lowest BCUT2D eigenvalue weighted by Crippen LogP contribution is -2.12. The van der Waals surface area contributed by atoms with E-state index in [1.165, 1.54) is 35.0 Å². The van der Waals surface area contributed by atoms with Gasteiger partial charge in [-0.2, -0.15) is 0 Å². The molecule has 0 saturated carbocycles. The third-order valence-corrected chi connectivity index (χ3v) is 2.96. The summed E-state index contributed by atoms with van der Waals surface area (Å²) in [6, 6.07) is 3.97. The van der Waals surface area contributed by atoms with Gasteiger partial charge in [0.05, 0.1) is 10.4 Å². The fraction of sp³-hybridized carbons (Fsp3) is 0. The van der Waals surface area contributed by atoms with Gasteiger partial charge in [0, 0.05) is 17.1 Å². The number of hydrogen-bond donors (Lipinski definition) is 1. The summed E-state index contributed by atoms with van der Waals surface area (Å²) in [7, 11) is 0. The minimum absolute atomic E-state index is 0.0314. The van der Waals surface area contributed by atoms with Gasteiger partial charge >= 0.3 is 0 Å². The van der Waals surface area contributed by atoms with Crippen molar-refractivity contribution in [2.45, 2.75) is 0 Å². The van der Waals surface area contributed by atoms with Gasteiger partial charge in [-0.1, -0.05) is 11.6 Å². The van der Waals surface area contributed by atoms with E-state index in [0.29, 0.717) is 5.69 Å². The standard InChI is InChI=1S/C10H6ClN3O3S/c11-7-3-6(1-2-9(7)14(16)17)13-10(15)8-4-18-5-12-8/h1-5H,(H,13,15). The molecular weight excluding hydrogens is 278 g/mol. The molecule has 1 N–H and O–H groups in total. The fourth-order valence-electron chi connectivity index (χ4n) is 1.25. The van der Waals surface area contributed by atoms with Gasteiger partial charge < -0.3 is 5.32 Å². The minimum Gasteiger partial charge on any atom is -0.321 e. The number of thiazole rings is 1. The Kier molecular flexibility index (Phi) is 3.54. The van der Waals surface area contributed by atoms with E-state index in [1.54, 1.807) is 5.38 Å². The van der Waals surface area contributed by atoms with Gasteiger partial charge in [0.15, 0.2) is 0 Å². The maximum absolute atomic E-state index is 11.7. The number of nitro groups is 1. The molecule has 6 nitrogen and oxygen atoms in total. The molecule has 2 aromatic rings. The minimum atomic E-state index is -0.589. The third-order valence-electron chi connectivity index (χ3n) is 2.07. The summed E-state index contributed by atoms with van der Waals surface area (Å²) >= 11 is 7.03. The highest BCUT2D eigenvalue weighted by atomic mass is 35.5. The summed E-state index contributed by atoms with van der Waals surface area (Å²) in [6.07, 6.45) is 0. The molecule has 1 aromatic heterocycles. The molecule has 92 valence electrons. The first-order valence-electron chi connectivity index (χ1n) is 4.71. The Balaban J connectivity index is 2.18. The van der Waals surface area contributed by atoms with Crippen molar-refractivity contribution >= 4 is 40.2 Å². The van der Waals surface area contributed by atoms with Crippen molar-refractivity contribution in [3.8, 4) is 0 Å². The van der Waals surface area contributed by atoms with Gasteiger partial charge in [-0.15, -0.1) is 11.3 Å². The summed E-state index contributed by atoms with van der Waals surface area (Å²) < 4.78 is 0. The third kappa shape index (κ3) is 2.63. The Morgan fingerprint density at radius 3 is 2.83 bits per heavy atom. The van der Waals surface area contributed by atoms with Crippen molar-refractivity contribution in [1.29, 1.82) is 0 Å². The van der Waals surface area contributed by atoms with Crippen molar-refractivity contribution < 1.29 is 9.72 Å². The highest BCUT2D eigenvalue weighted by molar-refractivity contribution is 7.07. The van der Waals surface area contributed by atoms with Crippen LogP contribution in [0.2, 0.25) is 5.02 Å². The largest absolute Gasteiger partial charge is 0.321 e. The number of nitrogens with one attached hydrogen (secondary N) is 1. The molecule has 0 spiro atoms. The van der Waals surface area contributed by atoms with Crippen LogP contribution in [0.5, 0.6) is 0 Å². The van der Waals surface area contributed by atoms with E-state index in [0.717, 1.165) is 0 Å². The van der Waals surface area contributed by atoms with Crippen molar-refractivity contribution in [2.75, 3.05) is 5.32 Å². The molecule has 18 heavy (non-hydrogen) atoms. The van der Waals surface area contributed by atoms with Crippen LogP contribution >= 0.6 is 22.9 Å². The SMILES string of the molecule is O=C(Nc1ccc([N+](=O)[O-])c(Cl)c1)c1cscn1. The summed E-state index contributed by atoms with van der Waals surface area (Å²) in [6.45, 7) is 0. The number of nitro benzene ring substituents is 1. The molecule has 0 aliphatic carbocycles. The Bertz CT molecular complexity index is 600. The van der Waals surface area contributed by atoms with Crippen LogP contribution in [0, 0.1) is 10.1 Å². The van der Waals surface area contributed by atoms with Crippen LogP contribution in [0.25, 0.3) is 0 Å². The Labute approximate surface area is 110 Å². The molecule has 0 fully saturated rings. The number of benzene rings is 1. The van der Waals surface area contributed by atoms with Gasteiger partial charge in [-0.3, -0.25) is 14.9 Å². The van der Waals surface area contributed by atoms with E-state index in [-0.39, 0.29) is 22.3 Å². The maximum atomic E-state index is 11.7. The number of rotatable bonds is 3. The van der Waals surface area contributed by atoms with E-state index >= 15 is 0 Å². The van der Waals surface area contributed by atoms with Crippen LogP contribution in [0.1, 0.15) is 10.5 Å². The zero-order valence-corrected chi connectivity index (χ0v) is 10.4. The summed E-state index contributed by atoms with van der Waals surface area (Å²) in [5.41, 5.74) is 2.00. The highest BCUT2D eigenvalue weighted by Gasteiger charge is 2.14. The van der Waals surface area contributed by atoms with E-state index in [2.05, 4.69) is 10.3 Å². The average molecular weight is 284 g/mol. The predicted molar refractivity (Wildman–Crippen MR) is 68.2 cm³/mol. The lowest BCUT2D eigenvalue weighted by atomic mass is 10.2. The van der Waals surface area contributed by atoms with Gasteiger partial charge in [0.25, 0.3) is 11.6 Å². The van der Waals surface area contributed by atoms with Crippen LogP contribution in [-0.4, -0.2) is 15.8 Å². The van der Waals surface area contributed by atoms with Crippen molar-refractivity contribution in [1.82, 2.24) is 4.98 Å². The van der Waals surface area contributed by atoms with Gasteiger partial charge in [0.2, 0.25) is 0 Å². The fourth-order valence-corrected chi connectivity index (χ4v) is 2.03. The average Bonchev–Trinajstić information content (AvgIpc) is 2.81. The van der Waals surface area contributed by atoms with Gasteiger partial charge in [-0.25, -0.2) is 4.98 Å². The Morgan fingerprint density at radius 1 is 1.50 bits per heavy atom. The number of amides is 1. The predicted octanol–water partition coefficient (Wildman–Crippen LogP) is 2.96. The second-order valence-corrected chi connectivity index (χ2v) is 4.38. The first-order chi connectivity index (χ1) is 8.58. The van der Waals surface area contributed by atoms with E-state index in [9.17, 15) is 14.9 Å². The Hall–Kier alpha value is -1.99. The van der Waals surface area contributed by atoms with Gasteiger partial charge in [0.1, 0.15) is 10.7 Å². The molecule has 0 bridgehead atoms. The Morgan fingerprint density at radius 2 is 2.28 bits per heavy atom. The molecule has 2 rings (SSSR count). The van der Waals surface area contributed by atoms with Crippen LogP contribution in [0.4, 0.5) is 11.4 Å². The second-order valence-electron chi connectivity index (χ2n) is 3.25. The number of carbonyl (C=O) groups excluding carboxylic acids is 1. The summed E-state index contributed by atoms with van der Waals surface area (Å²) in [5, 5.41) is 14.7. The first kappa shape index (κ1) is 12.5. The molecule has 0 saturated heterocycles. The molecule has 1 heterocycles. The van der Waals surface area contributed by atoms with Crippen molar-refractivity contribution in [3.63, 3.8) is 0 Å². The molecule has 1 aromatic carbocycles. The quantitative estimate of drug-likeness (QED) is 0.693. The number of anilines is 1. The lowest BCUT2D eigenvalue weighted by Gasteiger charge is -2.03. The number of halogens is 1. The molecule has 8 heteroatoms. The van der Waals surface area contributed by atoms with Crippen LogP contribution in [0.3, 0.4) is 0 Å². The topological polar surface area (TPSA) is 85.1 Å². The molecule has 1 amide bonds. The molecule has 0 aliphatic heterocycles. The zero-order valence-electron chi connectivity index (χ0n) is 8.79. The molecule has 0 aliphatic rings. The normalized spacial score (nSPS) is 10.1. The van der Waals surface area contributed by atoms with Crippen LogP contribution in [0.15, 0.2) is 29.1 Å². The smallest absolute Gasteiger partial charge is 0.288 e. The first-order valence-corrected chi connectivity index (χ1v) is 6.03. The van der Waals surface area contributed by atoms with E-state index < -0.39 is 4.92 Å². The number of nitrogens with zero attached hydrogens (tertiary/aromatic N) is 2. The molecule has 0 unspecified atom stereocenters. The molecule has 0 radical (unpaired) electrons. The van der Waals surface area contributed by atoms with Gasteiger partial charge in [-0.05, 0) is 12.1 Å². The molecular formula is C10H6ClN3O3S. The van der Waals surface area contributed by atoms with E-state index in [4.69, 9.17) is 11.6 Å². The van der Waals surface area contributed by atoms with Crippen molar-refractivity contribution in [3.05, 3.63) is 49.9 Å². The van der Waals surface area contributed by atoms with Crippen molar-refractivity contribution in [2.24, 2.45) is 0 Å². The summed E-state index contributed by atoms with van der Waals surface area (Å²) in [4.78, 5) is 25.5. The molecule has 0 atom stereocenters. The zero-order chi connectivity index (χ0) is 13.1. The lowest BCUT2D eigenvalue weighted by molar-refractivity contribution is -0.384. The summed E-state index contributed by atoms with van der Waals surface area (Å²) in [5.74, 6) is -0.388. The monoisotopic (exact) mass is 283 g/mol. The van der Waals surface area contributed by atoms with Crippen LogP contribution < -0.4 is 5.32 Å². The number of carbonyl (C=O) groups is 1. The number of aromatic nitrogens is 1. The maximum Gasteiger partial charge on any atom is 0.288 e.